The van der Waals surface area contributed by atoms with Crippen LogP contribution in [0.15, 0.2) is 59.5 Å². The first-order valence-electron chi connectivity index (χ1n) is 7.30. The van der Waals surface area contributed by atoms with Crippen molar-refractivity contribution in [1.29, 1.82) is 0 Å². The number of thiophene rings is 1. The van der Waals surface area contributed by atoms with E-state index in [-0.39, 0.29) is 10.8 Å². The second kappa shape index (κ2) is 6.39. The Labute approximate surface area is 151 Å². The van der Waals surface area contributed by atoms with Crippen LogP contribution in [0.1, 0.15) is 0 Å². The van der Waals surface area contributed by atoms with Crippen molar-refractivity contribution in [3.05, 3.63) is 60.4 Å². The molecule has 0 bridgehead atoms. The van der Waals surface area contributed by atoms with Crippen LogP contribution in [-0.2, 0) is 10.0 Å². The van der Waals surface area contributed by atoms with Crippen LogP contribution in [0.3, 0.4) is 0 Å². The molecule has 0 saturated heterocycles. The molecule has 0 aromatic carbocycles. The molecular weight excluding hydrogens is 377 g/mol. The first-order chi connectivity index (χ1) is 12.5. The molecule has 0 atom stereocenters. The molecule has 0 aliphatic heterocycles. The van der Waals surface area contributed by atoms with Crippen LogP contribution in [-0.4, -0.2) is 28.4 Å². The van der Waals surface area contributed by atoms with Crippen LogP contribution in [0.2, 0.25) is 0 Å². The van der Waals surface area contributed by atoms with Gasteiger partial charge in [-0.25, -0.2) is 27.5 Å². The number of nitrogens with zero attached hydrogens (tertiary/aromatic N) is 4. The van der Waals surface area contributed by atoms with Gasteiger partial charge in [0.25, 0.3) is 10.0 Å². The van der Waals surface area contributed by atoms with Gasteiger partial charge in [-0.05, 0) is 23.6 Å². The quantitative estimate of drug-likeness (QED) is 0.578. The van der Waals surface area contributed by atoms with Crippen molar-refractivity contribution in [3.8, 4) is 11.1 Å². The van der Waals surface area contributed by atoms with Gasteiger partial charge in [-0.3, -0.25) is 9.97 Å². The molecule has 4 heterocycles. The first-order valence-corrected chi connectivity index (χ1v) is 9.67. The summed E-state index contributed by atoms with van der Waals surface area (Å²) < 4.78 is 41.3. The molecule has 10 heteroatoms. The van der Waals surface area contributed by atoms with Crippen molar-refractivity contribution in [1.82, 2.24) is 19.9 Å². The van der Waals surface area contributed by atoms with Gasteiger partial charge in [-0.15, -0.1) is 11.3 Å². The molecule has 26 heavy (non-hydrogen) atoms. The van der Waals surface area contributed by atoms with E-state index in [0.29, 0.717) is 11.1 Å². The molecule has 4 rings (SSSR count). The summed E-state index contributed by atoms with van der Waals surface area (Å²) in [6, 6.07) is 4.65. The molecule has 0 unspecified atom stereocenters. The Kier molecular flexibility index (Phi) is 4.05. The summed E-state index contributed by atoms with van der Waals surface area (Å²) in [5.41, 5.74) is 1.74. The Morgan fingerprint density at radius 2 is 1.77 bits per heavy atom. The van der Waals surface area contributed by atoms with Gasteiger partial charge in [0.2, 0.25) is 5.95 Å². The van der Waals surface area contributed by atoms with E-state index in [1.54, 1.807) is 6.07 Å². The molecule has 0 spiro atoms. The van der Waals surface area contributed by atoms with Gasteiger partial charge in [-0.1, -0.05) is 0 Å². The summed E-state index contributed by atoms with van der Waals surface area (Å²) >= 11 is 1.40. The lowest BCUT2D eigenvalue weighted by Gasteiger charge is -2.07. The number of hydrogen-bond acceptors (Lipinski definition) is 7. The van der Waals surface area contributed by atoms with E-state index in [4.69, 9.17) is 0 Å². The Morgan fingerprint density at radius 1 is 0.962 bits per heavy atom. The lowest BCUT2D eigenvalue weighted by molar-refractivity contribution is 0.600. The van der Waals surface area contributed by atoms with Gasteiger partial charge in [0, 0.05) is 35.9 Å². The number of sulfonamides is 1. The summed E-state index contributed by atoms with van der Waals surface area (Å²) in [4.78, 5) is 15.9. The second-order valence-electron chi connectivity index (χ2n) is 5.27. The number of anilines is 1. The molecule has 0 aliphatic carbocycles. The molecule has 0 fully saturated rings. The number of halogens is 1. The number of aromatic nitrogens is 4. The van der Waals surface area contributed by atoms with Crippen LogP contribution in [0.4, 0.5) is 10.3 Å². The fourth-order valence-electron chi connectivity index (χ4n) is 2.25. The summed E-state index contributed by atoms with van der Waals surface area (Å²) in [5, 5.41) is 1.84. The Balaban J connectivity index is 1.59. The van der Waals surface area contributed by atoms with E-state index < -0.39 is 15.8 Å². The number of nitrogens with one attached hydrogen (secondary N) is 1. The largest absolute Gasteiger partial charge is 0.265 e. The monoisotopic (exact) mass is 387 g/mol. The summed E-state index contributed by atoms with van der Waals surface area (Å²) in [6.45, 7) is 0. The summed E-state index contributed by atoms with van der Waals surface area (Å²) in [7, 11) is -3.87. The van der Waals surface area contributed by atoms with Crippen LogP contribution >= 0.6 is 11.3 Å². The third kappa shape index (κ3) is 3.24. The Bertz CT molecular complexity index is 1190. The van der Waals surface area contributed by atoms with Crippen LogP contribution in [0, 0.1) is 5.82 Å². The smallest absolute Gasteiger partial charge is 0.261 e. The average molecular weight is 387 g/mol. The number of rotatable bonds is 4. The molecule has 0 radical (unpaired) electrons. The standard InChI is InChI=1S/C16H10FN5O2S2/c17-12-3-10(5-18-8-12)11-6-20-16(21-7-11)22-26(23,24)13-4-15-14(19-9-13)1-2-25-15/h1-9H,(H,20,21,22). The maximum absolute atomic E-state index is 13.2. The van der Waals surface area contributed by atoms with E-state index in [1.165, 1.54) is 42.2 Å². The predicted molar refractivity (Wildman–Crippen MR) is 95.6 cm³/mol. The van der Waals surface area contributed by atoms with Crippen molar-refractivity contribution in [3.63, 3.8) is 0 Å². The predicted octanol–water partition coefficient (Wildman–Crippen LogP) is 3.09. The Morgan fingerprint density at radius 3 is 2.54 bits per heavy atom. The molecule has 0 aliphatic rings. The average Bonchev–Trinajstić information content (AvgIpc) is 3.10. The third-order valence-corrected chi connectivity index (χ3v) is 5.65. The van der Waals surface area contributed by atoms with E-state index in [9.17, 15) is 12.8 Å². The Hall–Kier alpha value is -2.98. The molecule has 0 saturated carbocycles. The minimum Gasteiger partial charge on any atom is -0.261 e. The number of hydrogen-bond donors (Lipinski definition) is 1. The fourth-order valence-corrected chi connectivity index (χ4v) is 4.04. The highest BCUT2D eigenvalue weighted by Gasteiger charge is 2.17. The maximum Gasteiger partial charge on any atom is 0.265 e. The van der Waals surface area contributed by atoms with Crippen molar-refractivity contribution < 1.29 is 12.8 Å². The SMILES string of the molecule is O=S(=O)(Nc1ncc(-c2cncc(F)c2)cn1)c1cnc2ccsc2c1. The fraction of sp³-hybridized carbons (Fsp3) is 0. The molecular formula is C16H10FN5O2S2. The third-order valence-electron chi connectivity index (χ3n) is 3.50. The summed E-state index contributed by atoms with van der Waals surface area (Å²) in [6.07, 6.45) is 6.62. The van der Waals surface area contributed by atoms with Gasteiger partial charge in [-0.2, -0.15) is 0 Å². The van der Waals surface area contributed by atoms with Gasteiger partial charge in [0.1, 0.15) is 10.7 Å². The highest BCUT2D eigenvalue weighted by Crippen LogP contribution is 2.23. The zero-order valence-electron chi connectivity index (χ0n) is 13.0. The lowest BCUT2D eigenvalue weighted by atomic mass is 10.1. The lowest BCUT2D eigenvalue weighted by Crippen LogP contribution is -2.15. The van der Waals surface area contributed by atoms with Gasteiger partial charge in [0.05, 0.1) is 16.4 Å². The minimum atomic E-state index is -3.87. The molecule has 4 aromatic rings. The van der Waals surface area contributed by atoms with Crippen LogP contribution in [0.5, 0.6) is 0 Å². The molecule has 4 aromatic heterocycles. The normalized spacial score (nSPS) is 11.6. The zero-order chi connectivity index (χ0) is 18.1. The second-order valence-corrected chi connectivity index (χ2v) is 7.90. The minimum absolute atomic E-state index is 0.0226. The highest BCUT2D eigenvalue weighted by molar-refractivity contribution is 7.92. The highest BCUT2D eigenvalue weighted by atomic mass is 32.2. The molecule has 1 N–H and O–H groups in total. The van der Waals surface area contributed by atoms with Gasteiger partial charge in [0.15, 0.2) is 0 Å². The van der Waals surface area contributed by atoms with Gasteiger partial charge < -0.3 is 0 Å². The van der Waals surface area contributed by atoms with E-state index in [1.807, 2.05) is 11.4 Å². The zero-order valence-corrected chi connectivity index (χ0v) is 14.6. The summed E-state index contributed by atoms with van der Waals surface area (Å²) in [5.74, 6) is -0.576. The van der Waals surface area contributed by atoms with Gasteiger partial charge >= 0.3 is 0 Å². The topological polar surface area (TPSA) is 97.7 Å². The number of fused-ring (bicyclic) bond motifs is 1. The van der Waals surface area contributed by atoms with Crippen molar-refractivity contribution >= 4 is 37.5 Å². The maximum atomic E-state index is 13.2. The van der Waals surface area contributed by atoms with E-state index in [0.717, 1.165) is 16.4 Å². The van der Waals surface area contributed by atoms with Crippen LogP contribution in [0.25, 0.3) is 21.3 Å². The molecule has 130 valence electrons. The van der Waals surface area contributed by atoms with Crippen molar-refractivity contribution in [2.75, 3.05) is 4.72 Å². The molecule has 7 nitrogen and oxygen atoms in total. The molecule has 0 amide bonds. The van der Waals surface area contributed by atoms with E-state index in [2.05, 4.69) is 24.7 Å². The van der Waals surface area contributed by atoms with Crippen molar-refractivity contribution in [2.45, 2.75) is 4.90 Å². The van der Waals surface area contributed by atoms with E-state index >= 15 is 0 Å². The van der Waals surface area contributed by atoms with Crippen molar-refractivity contribution in [2.24, 2.45) is 0 Å². The first kappa shape index (κ1) is 16.5. The number of pyridine rings is 2. The van der Waals surface area contributed by atoms with Crippen LogP contribution < -0.4 is 4.72 Å².